The van der Waals surface area contributed by atoms with Crippen LogP contribution in [0.1, 0.15) is 12.5 Å². The average Bonchev–Trinajstić information content (AvgIpc) is 2.49. The summed E-state index contributed by atoms with van der Waals surface area (Å²) in [7, 11) is 1.45. The van der Waals surface area contributed by atoms with E-state index < -0.39 is 5.60 Å². The van der Waals surface area contributed by atoms with E-state index in [0.29, 0.717) is 15.7 Å². The summed E-state index contributed by atoms with van der Waals surface area (Å²) in [6.45, 7) is 1.43. The standard InChI is InChI=1S/C9H10N2O3S2/c1-9(13)4-5(14-2)10-8(15-3)11-6(4)16-7(9)12/h13H,1-3H3. The lowest BCUT2D eigenvalue weighted by Crippen LogP contribution is -2.26. The lowest BCUT2D eigenvalue weighted by Gasteiger charge is -2.16. The van der Waals surface area contributed by atoms with Crippen LogP contribution in [-0.2, 0) is 10.4 Å². The van der Waals surface area contributed by atoms with Crippen molar-refractivity contribution in [1.82, 2.24) is 9.97 Å². The molecule has 5 nitrogen and oxygen atoms in total. The fraction of sp³-hybridized carbons (Fsp3) is 0.444. The molecule has 16 heavy (non-hydrogen) atoms. The minimum absolute atomic E-state index is 0.262. The molecule has 86 valence electrons. The van der Waals surface area contributed by atoms with Gasteiger partial charge in [0.2, 0.25) is 11.0 Å². The fourth-order valence-electron chi connectivity index (χ4n) is 1.42. The molecule has 0 aromatic carbocycles. The monoisotopic (exact) mass is 258 g/mol. The molecular formula is C9H10N2O3S2. The Kier molecular flexibility index (Phi) is 2.85. The molecule has 2 rings (SSSR count). The molecule has 7 heteroatoms. The molecule has 0 saturated carbocycles. The summed E-state index contributed by atoms with van der Waals surface area (Å²) in [4.78, 5) is 19.9. The summed E-state index contributed by atoms with van der Waals surface area (Å²) in [5, 5.41) is 10.7. The van der Waals surface area contributed by atoms with Gasteiger partial charge in [-0.05, 0) is 24.9 Å². The molecule has 0 amide bonds. The van der Waals surface area contributed by atoms with Crippen molar-refractivity contribution in [2.24, 2.45) is 0 Å². The number of hydrogen-bond donors (Lipinski definition) is 1. The summed E-state index contributed by atoms with van der Waals surface area (Å²) < 4.78 is 5.09. The maximum Gasteiger partial charge on any atom is 0.231 e. The first-order valence-electron chi connectivity index (χ1n) is 4.46. The summed E-state index contributed by atoms with van der Waals surface area (Å²) >= 11 is 2.28. The topological polar surface area (TPSA) is 72.3 Å². The second-order valence-corrected chi connectivity index (χ2v) is 5.10. The smallest absolute Gasteiger partial charge is 0.231 e. The van der Waals surface area contributed by atoms with Gasteiger partial charge < -0.3 is 9.84 Å². The van der Waals surface area contributed by atoms with Gasteiger partial charge in [0.05, 0.1) is 12.7 Å². The van der Waals surface area contributed by atoms with Crippen LogP contribution in [0.3, 0.4) is 0 Å². The Balaban J connectivity index is 2.66. The van der Waals surface area contributed by atoms with Crippen molar-refractivity contribution >= 4 is 28.6 Å². The highest BCUT2D eigenvalue weighted by molar-refractivity contribution is 8.14. The van der Waals surface area contributed by atoms with Gasteiger partial charge in [0.15, 0.2) is 10.8 Å². The molecule has 0 saturated heterocycles. The minimum Gasteiger partial charge on any atom is -0.481 e. The third kappa shape index (κ3) is 1.59. The van der Waals surface area contributed by atoms with E-state index in [1.54, 1.807) is 0 Å². The van der Waals surface area contributed by atoms with Crippen molar-refractivity contribution in [2.45, 2.75) is 22.7 Å². The highest BCUT2D eigenvalue weighted by Gasteiger charge is 2.46. The molecule has 1 aliphatic heterocycles. The molecular weight excluding hydrogens is 248 g/mol. The second-order valence-electron chi connectivity index (χ2n) is 3.36. The van der Waals surface area contributed by atoms with Crippen LogP contribution in [-0.4, -0.2) is 33.6 Å². The van der Waals surface area contributed by atoms with Gasteiger partial charge in [-0.15, -0.1) is 0 Å². The number of thioether (sulfide) groups is 2. The molecule has 1 aromatic rings. The van der Waals surface area contributed by atoms with E-state index in [1.165, 1.54) is 25.8 Å². The molecule has 0 fully saturated rings. The van der Waals surface area contributed by atoms with Gasteiger partial charge in [-0.1, -0.05) is 11.8 Å². The summed E-state index contributed by atoms with van der Waals surface area (Å²) in [5.74, 6) is 0.262. The zero-order valence-electron chi connectivity index (χ0n) is 8.97. The van der Waals surface area contributed by atoms with Crippen molar-refractivity contribution in [3.8, 4) is 5.88 Å². The van der Waals surface area contributed by atoms with E-state index in [-0.39, 0.29) is 11.0 Å². The Labute approximate surface area is 101 Å². The number of carbonyl (C=O) groups excluding carboxylic acids is 1. The lowest BCUT2D eigenvalue weighted by molar-refractivity contribution is -0.126. The predicted octanol–water partition coefficient (Wildman–Crippen LogP) is 1.05. The van der Waals surface area contributed by atoms with E-state index in [2.05, 4.69) is 9.97 Å². The average molecular weight is 258 g/mol. The predicted molar refractivity (Wildman–Crippen MR) is 60.8 cm³/mol. The first-order chi connectivity index (χ1) is 7.50. The summed E-state index contributed by atoms with van der Waals surface area (Å²) in [6.07, 6.45) is 1.83. The molecule has 0 radical (unpaired) electrons. The highest BCUT2D eigenvalue weighted by Crippen LogP contribution is 2.46. The number of aliphatic hydroxyl groups is 1. The van der Waals surface area contributed by atoms with Crippen LogP contribution in [0.4, 0.5) is 0 Å². The number of ether oxygens (including phenoxy) is 1. The van der Waals surface area contributed by atoms with Crippen molar-refractivity contribution in [3.05, 3.63) is 5.56 Å². The normalized spacial score (nSPS) is 23.4. The molecule has 1 atom stereocenters. The van der Waals surface area contributed by atoms with E-state index in [4.69, 9.17) is 4.74 Å². The van der Waals surface area contributed by atoms with Crippen molar-refractivity contribution < 1.29 is 14.6 Å². The number of hydrogen-bond acceptors (Lipinski definition) is 7. The van der Waals surface area contributed by atoms with Gasteiger partial charge in [-0.3, -0.25) is 4.79 Å². The first-order valence-corrected chi connectivity index (χ1v) is 6.50. The Morgan fingerprint density at radius 2 is 2.19 bits per heavy atom. The van der Waals surface area contributed by atoms with Gasteiger partial charge in [0.1, 0.15) is 5.03 Å². The number of rotatable bonds is 2. The van der Waals surface area contributed by atoms with Crippen LogP contribution in [0.15, 0.2) is 10.2 Å². The number of carbonyl (C=O) groups is 1. The molecule has 2 heterocycles. The molecule has 0 aliphatic carbocycles. The van der Waals surface area contributed by atoms with Crippen LogP contribution in [0.25, 0.3) is 0 Å². The summed E-state index contributed by atoms with van der Waals surface area (Å²) in [5.41, 5.74) is -1.20. The third-order valence-electron chi connectivity index (χ3n) is 2.27. The largest absolute Gasteiger partial charge is 0.481 e. The first kappa shape index (κ1) is 11.7. The van der Waals surface area contributed by atoms with Crippen LogP contribution >= 0.6 is 23.5 Å². The molecule has 1 unspecified atom stereocenters. The Hall–Kier alpha value is -0.790. The van der Waals surface area contributed by atoms with Crippen LogP contribution in [0.2, 0.25) is 0 Å². The van der Waals surface area contributed by atoms with Gasteiger partial charge in [-0.25, -0.2) is 4.98 Å². The van der Waals surface area contributed by atoms with Crippen LogP contribution in [0.5, 0.6) is 5.88 Å². The highest BCUT2D eigenvalue weighted by atomic mass is 32.2. The lowest BCUT2D eigenvalue weighted by atomic mass is 10.0. The van der Waals surface area contributed by atoms with Gasteiger partial charge in [-0.2, -0.15) is 4.98 Å². The molecule has 1 N–H and O–H groups in total. The van der Waals surface area contributed by atoms with Gasteiger partial charge >= 0.3 is 0 Å². The van der Waals surface area contributed by atoms with Crippen LogP contribution in [0, 0.1) is 0 Å². The Morgan fingerprint density at radius 1 is 1.50 bits per heavy atom. The SMILES string of the molecule is COc1nc(SC)nc2c1C(C)(O)C(=O)S2. The molecule has 1 aliphatic rings. The van der Waals surface area contributed by atoms with Crippen molar-refractivity contribution in [3.63, 3.8) is 0 Å². The van der Waals surface area contributed by atoms with E-state index in [0.717, 1.165) is 11.8 Å². The number of aromatic nitrogens is 2. The number of methoxy groups -OCH3 is 1. The maximum atomic E-state index is 11.6. The van der Waals surface area contributed by atoms with Gasteiger partial charge in [0, 0.05) is 0 Å². The number of nitrogens with zero attached hydrogens (tertiary/aromatic N) is 2. The fourth-order valence-corrected chi connectivity index (χ4v) is 2.83. The quantitative estimate of drug-likeness (QED) is 0.483. The van der Waals surface area contributed by atoms with Crippen LogP contribution < -0.4 is 4.74 Å². The zero-order valence-corrected chi connectivity index (χ0v) is 10.6. The van der Waals surface area contributed by atoms with Crippen molar-refractivity contribution in [2.75, 3.05) is 13.4 Å². The van der Waals surface area contributed by atoms with E-state index in [9.17, 15) is 9.90 Å². The third-order valence-corrected chi connectivity index (χ3v) is 3.89. The number of fused-ring (bicyclic) bond motifs is 1. The Bertz CT molecular complexity index is 462. The van der Waals surface area contributed by atoms with E-state index in [1.807, 2.05) is 6.26 Å². The Morgan fingerprint density at radius 3 is 2.75 bits per heavy atom. The summed E-state index contributed by atoms with van der Waals surface area (Å²) in [6, 6.07) is 0. The molecule has 1 aromatic heterocycles. The van der Waals surface area contributed by atoms with Crippen molar-refractivity contribution in [1.29, 1.82) is 0 Å². The minimum atomic E-state index is -1.57. The molecule has 0 spiro atoms. The maximum absolute atomic E-state index is 11.6. The van der Waals surface area contributed by atoms with E-state index >= 15 is 0 Å². The van der Waals surface area contributed by atoms with Gasteiger partial charge in [0.25, 0.3) is 0 Å². The second kappa shape index (κ2) is 3.90. The molecule has 0 bridgehead atoms. The zero-order chi connectivity index (χ0) is 11.9.